The smallest absolute Gasteiger partial charge is 0.245 e. The van der Waals surface area contributed by atoms with Crippen molar-refractivity contribution in [2.45, 2.75) is 6.42 Å². The van der Waals surface area contributed by atoms with Gasteiger partial charge in [0.15, 0.2) is 5.13 Å². The topological polar surface area (TPSA) is 63.2 Å². The first kappa shape index (κ1) is 17.9. The summed E-state index contributed by atoms with van der Waals surface area (Å²) in [5.74, 6) is 0.205. The van der Waals surface area contributed by atoms with Crippen LogP contribution >= 0.6 is 11.3 Å². The van der Waals surface area contributed by atoms with Crippen LogP contribution in [0, 0.1) is 5.82 Å². The number of amides is 1. The van der Waals surface area contributed by atoms with E-state index in [-0.39, 0.29) is 18.3 Å². The first-order chi connectivity index (χ1) is 12.7. The Kier molecular flexibility index (Phi) is 5.80. The third kappa shape index (κ3) is 4.58. The molecule has 0 bridgehead atoms. The van der Waals surface area contributed by atoms with E-state index in [9.17, 15) is 9.18 Å². The van der Waals surface area contributed by atoms with Crippen LogP contribution in [-0.4, -0.2) is 24.5 Å². The summed E-state index contributed by atoms with van der Waals surface area (Å²) in [6, 6.07) is 14.0. The van der Waals surface area contributed by atoms with E-state index in [2.05, 4.69) is 15.6 Å². The summed E-state index contributed by atoms with van der Waals surface area (Å²) in [4.78, 5) is 17.2. The minimum Gasteiger partial charge on any atom is -0.495 e. The van der Waals surface area contributed by atoms with E-state index in [0.29, 0.717) is 22.9 Å². The zero-order valence-electron chi connectivity index (χ0n) is 14.2. The number of anilines is 2. The van der Waals surface area contributed by atoms with Crippen LogP contribution in [0.15, 0.2) is 54.7 Å². The molecule has 0 saturated carbocycles. The number of ether oxygens (including phenoxy) is 1. The van der Waals surface area contributed by atoms with Gasteiger partial charge in [0.05, 0.1) is 19.3 Å². The molecule has 3 rings (SSSR count). The summed E-state index contributed by atoms with van der Waals surface area (Å²) < 4.78 is 18.9. The molecule has 0 aliphatic heterocycles. The number of hydrogen-bond donors (Lipinski definition) is 2. The van der Waals surface area contributed by atoms with Gasteiger partial charge in [-0.15, -0.1) is 11.3 Å². The number of thiazole rings is 1. The highest BCUT2D eigenvalue weighted by Crippen LogP contribution is 2.24. The number of hydrogen-bond acceptors (Lipinski definition) is 5. The molecule has 0 saturated heterocycles. The molecule has 3 aromatic rings. The lowest BCUT2D eigenvalue weighted by Crippen LogP contribution is -2.21. The van der Waals surface area contributed by atoms with Gasteiger partial charge in [0, 0.05) is 17.5 Å². The Labute approximate surface area is 154 Å². The van der Waals surface area contributed by atoms with Gasteiger partial charge in [-0.05, 0) is 23.8 Å². The van der Waals surface area contributed by atoms with Gasteiger partial charge >= 0.3 is 0 Å². The molecule has 7 heteroatoms. The van der Waals surface area contributed by atoms with Gasteiger partial charge in [0.2, 0.25) is 5.91 Å². The summed E-state index contributed by atoms with van der Waals surface area (Å²) in [5.41, 5.74) is 1.34. The molecule has 0 unspecified atom stereocenters. The lowest BCUT2D eigenvalue weighted by atomic mass is 10.1. The highest BCUT2D eigenvalue weighted by molar-refractivity contribution is 7.15. The fraction of sp³-hybridized carbons (Fsp3) is 0.158. The lowest BCUT2D eigenvalue weighted by molar-refractivity contribution is -0.114. The van der Waals surface area contributed by atoms with E-state index < -0.39 is 0 Å². The molecule has 2 aromatic carbocycles. The average Bonchev–Trinajstić information content (AvgIpc) is 3.09. The van der Waals surface area contributed by atoms with E-state index in [1.165, 1.54) is 17.4 Å². The maximum Gasteiger partial charge on any atom is 0.245 e. The number of carbonyl (C=O) groups excluding carboxylic acids is 1. The summed E-state index contributed by atoms with van der Waals surface area (Å²) >= 11 is 1.33. The third-order valence-corrected chi connectivity index (χ3v) is 4.58. The molecule has 26 heavy (non-hydrogen) atoms. The third-order valence-electron chi connectivity index (χ3n) is 3.67. The first-order valence-corrected chi connectivity index (χ1v) is 8.82. The van der Waals surface area contributed by atoms with Crippen LogP contribution in [0.2, 0.25) is 0 Å². The number of para-hydroxylation sites is 2. The average molecular weight is 371 g/mol. The molecule has 0 atom stereocenters. The molecule has 1 amide bonds. The van der Waals surface area contributed by atoms with Gasteiger partial charge in [-0.25, -0.2) is 9.37 Å². The second-order valence-electron chi connectivity index (χ2n) is 5.50. The number of rotatable bonds is 7. The van der Waals surface area contributed by atoms with Crippen molar-refractivity contribution in [3.8, 4) is 5.75 Å². The molecule has 0 fully saturated rings. The van der Waals surface area contributed by atoms with Crippen LogP contribution in [0.5, 0.6) is 5.75 Å². The van der Waals surface area contributed by atoms with Crippen molar-refractivity contribution < 1.29 is 13.9 Å². The van der Waals surface area contributed by atoms with Crippen molar-refractivity contribution in [3.63, 3.8) is 0 Å². The highest BCUT2D eigenvalue weighted by Gasteiger charge is 2.10. The minimum absolute atomic E-state index is 0.0859. The van der Waals surface area contributed by atoms with Crippen molar-refractivity contribution in [3.05, 3.63) is 71.0 Å². The van der Waals surface area contributed by atoms with Gasteiger partial charge in [0.1, 0.15) is 11.6 Å². The van der Waals surface area contributed by atoms with E-state index >= 15 is 0 Å². The van der Waals surface area contributed by atoms with Crippen LogP contribution in [0.3, 0.4) is 0 Å². The fourth-order valence-electron chi connectivity index (χ4n) is 2.41. The van der Waals surface area contributed by atoms with Crippen LogP contribution in [0.4, 0.5) is 15.2 Å². The number of carbonyl (C=O) groups is 1. The van der Waals surface area contributed by atoms with Crippen LogP contribution in [-0.2, 0) is 11.2 Å². The summed E-state index contributed by atoms with van der Waals surface area (Å²) in [7, 11) is 1.58. The standard InChI is InChI=1S/C19H18FN3O2S/c1-25-17-9-5-4-8-16(17)21-12-18(24)23-19-22-11-14(26-19)10-13-6-2-3-7-15(13)20/h2-9,11,21H,10,12H2,1H3,(H,22,23,24). The Balaban J connectivity index is 1.55. The Bertz CT molecular complexity index is 898. The van der Waals surface area contributed by atoms with Gasteiger partial charge in [-0.1, -0.05) is 30.3 Å². The Morgan fingerprint density at radius 3 is 2.77 bits per heavy atom. The van der Waals surface area contributed by atoms with Gasteiger partial charge in [-0.3, -0.25) is 4.79 Å². The number of nitrogens with one attached hydrogen (secondary N) is 2. The summed E-state index contributed by atoms with van der Waals surface area (Å²) in [5, 5.41) is 6.26. The van der Waals surface area contributed by atoms with Gasteiger partial charge < -0.3 is 15.4 Å². The number of methoxy groups -OCH3 is 1. The Hall–Kier alpha value is -2.93. The summed E-state index contributed by atoms with van der Waals surface area (Å²) in [6.45, 7) is 0.0859. The molecule has 1 aromatic heterocycles. The van der Waals surface area contributed by atoms with Gasteiger partial charge in [-0.2, -0.15) is 0 Å². The number of nitrogens with zero attached hydrogens (tertiary/aromatic N) is 1. The molecule has 5 nitrogen and oxygen atoms in total. The maximum atomic E-state index is 13.7. The number of benzene rings is 2. The maximum absolute atomic E-state index is 13.7. The SMILES string of the molecule is COc1ccccc1NCC(=O)Nc1ncc(Cc2ccccc2F)s1. The predicted octanol–water partition coefficient (Wildman–Crippen LogP) is 3.93. The lowest BCUT2D eigenvalue weighted by Gasteiger charge is -2.10. The minimum atomic E-state index is -0.243. The number of aromatic nitrogens is 1. The monoisotopic (exact) mass is 371 g/mol. The normalized spacial score (nSPS) is 10.4. The zero-order valence-corrected chi connectivity index (χ0v) is 15.0. The molecule has 0 spiro atoms. The van der Waals surface area contributed by atoms with Crippen molar-refractivity contribution in [1.82, 2.24) is 4.98 Å². The fourth-order valence-corrected chi connectivity index (χ4v) is 3.26. The first-order valence-electron chi connectivity index (χ1n) is 8.00. The van der Waals surface area contributed by atoms with E-state index in [1.807, 2.05) is 24.3 Å². The van der Waals surface area contributed by atoms with Crippen LogP contribution < -0.4 is 15.4 Å². The van der Waals surface area contributed by atoms with Crippen molar-refractivity contribution in [1.29, 1.82) is 0 Å². The molecule has 0 radical (unpaired) electrons. The predicted molar refractivity (Wildman–Crippen MR) is 101 cm³/mol. The molecular weight excluding hydrogens is 353 g/mol. The Morgan fingerprint density at radius 1 is 1.19 bits per heavy atom. The highest BCUT2D eigenvalue weighted by atomic mass is 32.1. The van der Waals surface area contributed by atoms with E-state index in [0.717, 1.165) is 10.6 Å². The van der Waals surface area contributed by atoms with Crippen molar-refractivity contribution >= 4 is 28.1 Å². The van der Waals surface area contributed by atoms with Crippen LogP contribution in [0.1, 0.15) is 10.4 Å². The molecule has 0 aliphatic carbocycles. The quantitative estimate of drug-likeness (QED) is 0.660. The van der Waals surface area contributed by atoms with E-state index in [4.69, 9.17) is 4.74 Å². The zero-order chi connectivity index (χ0) is 18.4. The second-order valence-corrected chi connectivity index (χ2v) is 6.62. The van der Waals surface area contributed by atoms with Crippen LogP contribution in [0.25, 0.3) is 0 Å². The molecule has 1 heterocycles. The molecule has 0 aliphatic rings. The molecular formula is C19H18FN3O2S. The number of halogens is 1. The molecule has 134 valence electrons. The largest absolute Gasteiger partial charge is 0.495 e. The van der Waals surface area contributed by atoms with Gasteiger partial charge in [0.25, 0.3) is 0 Å². The van der Waals surface area contributed by atoms with Crippen molar-refractivity contribution in [2.75, 3.05) is 24.3 Å². The summed E-state index contributed by atoms with van der Waals surface area (Å²) in [6.07, 6.45) is 2.10. The Morgan fingerprint density at radius 2 is 1.96 bits per heavy atom. The van der Waals surface area contributed by atoms with Crippen molar-refractivity contribution in [2.24, 2.45) is 0 Å². The second kappa shape index (κ2) is 8.44. The molecule has 2 N–H and O–H groups in total. The van der Waals surface area contributed by atoms with E-state index in [1.54, 1.807) is 31.5 Å².